The van der Waals surface area contributed by atoms with Gasteiger partial charge in [0, 0.05) is 5.02 Å². The SMILES string of the molecule is O=C(Cc1cccc(Cl)c1)NC(Cc1ccc(NS(=O)(=O)O)cc1)c1coc(-c2cccs2)n1. The Morgan fingerprint density at radius 3 is 2.59 bits per heavy atom. The third-order valence-electron chi connectivity index (χ3n) is 4.84. The molecule has 1 atom stereocenters. The van der Waals surface area contributed by atoms with Crippen LogP contribution in [0.2, 0.25) is 5.02 Å². The van der Waals surface area contributed by atoms with Gasteiger partial charge in [-0.15, -0.1) is 11.3 Å². The van der Waals surface area contributed by atoms with Crippen molar-refractivity contribution in [3.05, 3.63) is 94.2 Å². The minimum absolute atomic E-state index is 0.143. The number of carbonyl (C=O) groups is 1. The van der Waals surface area contributed by atoms with Crippen molar-refractivity contribution in [2.45, 2.75) is 18.9 Å². The van der Waals surface area contributed by atoms with Gasteiger partial charge in [0.25, 0.3) is 0 Å². The molecule has 0 aliphatic carbocycles. The van der Waals surface area contributed by atoms with Crippen LogP contribution in [0.4, 0.5) is 5.69 Å². The van der Waals surface area contributed by atoms with Gasteiger partial charge in [-0.05, 0) is 53.3 Å². The lowest BCUT2D eigenvalue weighted by Gasteiger charge is -2.17. The maximum absolute atomic E-state index is 12.8. The largest absolute Gasteiger partial charge is 0.443 e. The van der Waals surface area contributed by atoms with E-state index in [2.05, 4.69) is 10.3 Å². The molecular weight excluding hydrogens is 498 g/mol. The second-order valence-corrected chi connectivity index (χ2v) is 10.00. The van der Waals surface area contributed by atoms with Gasteiger partial charge >= 0.3 is 10.3 Å². The fourth-order valence-corrected chi connectivity index (χ4v) is 4.66. The number of anilines is 1. The maximum Gasteiger partial charge on any atom is 0.357 e. The molecule has 2 aromatic carbocycles. The molecule has 34 heavy (non-hydrogen) atoms. The molecule has 0 saturated carbocycles. The Balaban J connectivity index is 1.54. The molecule has 1 amide bonds. The number of aromatic nitrogens is 1. The molecule has 11 heteroatoms. The van der Waals surface area contributed by atoms with E-state index >= 15 is 0 Å². The number of oxazole rings is 1. The molecule has 0 saturated heterocycles. The zero-order valence-electron chi connectivity index (χ0n) is 17.6. The Morgan fingerprint density at radius 1 is 1.12 bits per heavy atom. The average molecular weight is 518 g/mol. The number of hydrogen-bond donors (Lipinski definition) is 3. The number of halogens is 1. The van der Waals surface area contributed by atoms with Crippen molar-refractivity contribution in [1.29, 1.82) is 0 Å². The Hall–Kier alpha value is -3.18. The van der Waals surface area contributed by atoms with Gasteiger partial charge in [0.05, 0.1) is 23.0 Å². The zero-order chi connectivity index (χ0) is 24.1. The van der Waals surface area contributed by atoms with Gasteiger partial charge in [-0.25, -0.2) is 4.98 Å². The standard InChI is InChI=1S/C23H20ClN3O5S2/c24-17-4-1-3-16(11-17)13-22(28)25-19(20-14-32-23(26-20)21-5-2-10-33-21)12-15-6-8-18(9-7-15)27-34(29,30)31/h1-11,14,19,27H,12-13H2,(H,25,28)(H,29,30,31). The number of nitrogens with one attached hydrogen (secondary N) is 2. The summed E-state index contributed by atoms with van der Waals surface area (Å²) in [4.78, 5) is 18.3. The molecule has 1 unspecified atom stereocenters. The van der Waals surface area contributed by atoms with Crippen molar-refractivity contribution in [3.63, 3.8) is 0 Å². The predicted molar refractivity (Wildman–Crippen MR) is 131 cm³/mol. The Kier molecular flexibility index (Phi) is 7.32. The first-order chi connectivity index (χ1) is 16.2. The van der Waals surface area contributed by atoms with Crippen LogP contribution in [0.25, 0.3) is 10.8 Å². The van der Waals surface area contributed by atoms with Crippen molar-refractivity contribution in [3.8, 4) is 10.8 Å². The molecule has 0 aliphatic rings. The summed E-state index contributed by atoms with van der Waals surface area (Å²) in [5, 5.41) is 5.48. The zero-order valence-corrected chi connectivity index (χ0v) is 20.0. The highest BCUT2D eigenvalue weighted by Crippen LogP contribution is 2.27. The molecule has 4 aromatic rings. The lowest BCUT2D eigenvalue weighted by atomic mass is 10.0. The first-order valence-corrected chi connectivity index (χ1v) is 12.8. The summed E-state index contributed by atoms with van der Waals surface area (Å²) in [6.45, 7) is 0. The van der Waals surface area contributed by atoms with Crippen LogP contribution in [0.3, 0.4) is 0 Å². The van der Waals surface area contributed by atoms with Crippen LogP contribution >= 0.6 is 22.9 Å². The van der Waals surface area contributed by atoms with Crippen LogP contribution < -0.4 is 10.0 Å². The van der Waals surface area contributed by atoms with Gasteiger partial charge in [-0.1, -0.05) is 41.9 Å². The van der Waals surface area contributed by atoms with Crippen molar-refractivity contribution < 1.29 is 22.2 Å². The Labute approximate surface area is 205 Å². The number of carbonyl (C=O) groups excluding carboxylic acids is 1. The summed E-state index contributed by atoms with van der Waals surface area (Å²) in [6, 6.07) is 16.8. The smallest absolute Gasteiger partial charge is 0.357 e. The minimum atomic E-state index is -4.36. The van der Waals surface area contributed by atoms with Crippen LogP contribution in [-0.2, 0) is 27.9 Å². The van der Waals surface area contributed by atoms with E-state index in [9.17, 15) is 13.2 Å². The van der Waals surface area contributed by atoms with E-state index in [4.69, 9.17) is 20.6 Å². The van der Waals surface area contributed by atoms with Crippen molar-refractivity contribution in [1.82, 2.24) is 10.3 Å². The lowest BCUT2D eigenvalue weighted by Crippen LogP contribution is -2.31. The van der Waals surface area contributed by atoms with Crippen molar-refractivity contribution in [2.24, 2.45) is 0 Å². The van der Waals surface area contributed by atoms with Crippen LogP contribution in [-0.4, -0.2) is 23.9 Å². The first kappa shape index (κ1) is 24.0. The topological polar surface area (TPSA) is 122 Å². The van der Waals surface area contributed by atoms with Gasteiger partial charge in [0.1, 0.15) is 12.0 Å². The van der Waals surface area contributed by atoms with Gasteiger partial charge < -0.3 is 9.73 Å². The van der Waals surface area contributed by atoms with Crippen LogP contribution in [0.1, 0.15) is 22.9 Å². The first-order valence-electron chi connectivity index (χ1n) is 10.1. The molecule has 3 N–H and O–H groups in total. The summed E-state index contributed by atoms with van der Waals surface area (Å²) < 4.78 is 38.6. The summed E-state index contributed by atoms with van der Waals surface area (Å²) >= 11 is 7.53. The minimum Gasteiger partial charge on any atom is -0.443 e. The molecule has 2 aromatic heterocycles. The highest BCUT2D eigenvalue weighted by Gasteiger charge is 2.21. The molecule has 2 heterocycles. The van der Waals surface area contributed by atoms with Gasteiger partial charge in [-0.2, -0.15) is 8.42 Å². The molecule has 0 bridgehead atoms. The highest BCUT2D eigenvalue weighted by molar-refractivity contribution is 7.87. The van der Waals surface area contributed by atoms with Crippen LogP contribution in [0, 0.1) is 0 Å². The number of thiophene rings is 1. The predicted octanol–water partition coefficient (Wildman–Crippen LogP) is 4.91. The molecule has 0 spiro atoms. The fraction of sp³-hybridized carbons (Fsp3) is 0.130. The summed E-state index contributed by atoms with van der Waals surface area (Å²) in [5.74, 6) is 0.254. The molecule has 8 nitrogen and oxygen atoms in total. The number of hydrogen-bond acceptors (Lipinski definition) is 6. The second kappa shape index (κ2) is 10.4. The average Bonchev–Trinajstić information content (AvgIpc) is 3.46. The number of nitrogens with zero attached hydrogens (tertiary/aromatic N) is 1. The third kappa shape index (κ3) is 6.67. The van der Waals surface area contributed by atoms with Crippen molar-refractivity contribution in [2.75, 3.05) is 4.72 Å². The molecule has 0 radical (unpaired) electrons. The van der Waals surface area contributed by atoms with E-state index in [1.54, 1.807) is 30.3 Å². The lowest BCUT2D eigenvalue weighted by molar-refractivity contribution is -0.121. The van der Waals surface area contributed by atoms with Crippen LogP contribution in [0.5, 0.6) is 0 Å². The Morgan fingerprint density at radius 2 is 1.91 bits per heavy atom. The van der Waals surface area contributed by atoms with E-state index in [0.29, 0.717) is 23.0 Å². The number of amides is 1. The summed E-state index contributed by atoms with van der Waals surface area (Å²) in [7, 11) is -4.36. The quantitative estimate of drug-likeness (QED) is 0.271. The van der Waals surface area contributed by atoms with Crippen LogP contribution in [0.15, 0.2) is 76.7 Å². The maximum atomic E-state index is 12.8. The van der Waals surface area contributed by atoms with E-state index in [-0.39, 0.29) is 18.0 Å². The molecule has 0 aliphatic heterocycles. The van der Waals surface area contributed by atoms with E-state index in [1.165, 1.54) is 29.7 Å². The number of benzene rings is 2. The Bertz CT molecular complexity index is 1370. The fourth-order valence-electron chi connectivity index (χ4n) is 3.36. The van der Waals surface area contributed by atoms with Crippen molar-refractivity contribution >= 4 is 44.8 Å². The molecule has 176 valence electrons. The van der Waals surface area contributed by atoms with Gasteiger partial charge in [0.15, 0.2) is 0 Å². The third-order valence-corrected chi connectivity index (χ3v) is 6.43. The van der Waals surface area contributed by atoms with Gasteiger partial charge in [0.2, 0.25) is 11.8 Å². The van der Waals surface area contributed by atoms with E-state index in [0.717, 1.165) is 16.0 Å². The monoisotopic (exact) mass is 517 g/mol. The molecule has 4 rings (SSSR count). The summed E-state index contributed by atoms with van der Waals surface area (Å²) in [6.07, 6.45) is 2.04. The van der Waals surface area contributed by atoms with E-state index in [1.807, 2.05) is 28.3 Å². The molecular formula is C23H20ClN3O5S2. The second-order valence-electron chi connectivity index (χ2n) is 7.46. The number of rotatable bonds is 9. The highest BCUT2D eigenvalue weighted by atomic mass is 35.5. The molecule has 0 fully saturated rings. The summed E-state index contributed by atoms with van der Waals surface area (Å²) in [5.41, 5.74) is 2.37. The van der Waals surface area contributed by atoms with E-state index < -0.39 is 16.3 Å². The normalized spacial score (nSPS) is 12.3. The van der Waals surface area contributed by atoms with Gasteiger partial charge in [-0.3, -0.25) is 14.1 Å².